The predicted octanol–water partition coefficient (Wildman–Crippen LogP) is 4.74. The Balaban J connectivity index is 1.73. The highest BCUT2D eigenvalue weighted by molar-refractivity contribution is 6.30. The minimum absolute atomic E-state index is 0.217. The number of aromatic hydroxyl groups is 3. The van der Waals surface area contributed by atoms with E-state index in [1.165, 1.54) is 18.3 Å². The van der Waals surface area contributed by atoms with Crippen molar-refractivity contribution in [3.05, 3.63) is 83.1 Å². The van der Waals surface area contributed by atoms with E-state index >= 15 is 0 Å². The van der Waals surface area contributed by atoms with Crippen LogP contribution in [0.1, 0.15) is 16.1 Å². The van der Waals surface area contributed by atoms with Gasteiger partial charge in [0.2, 0.25) is 5.78 Å². The van der Waals surface area contributed by atoms with Crippen molar-refractivity contribution in [2.24, 2.45) is 0 Å². The second kappa shape index (κ2) is 7.33. The molecule has 0 bridgehead atoms. The van der Waals surface area contributed by atoms with Crippen LogP contribution in [0.15, 0.2) is 66.9 Å². The van der Waals surface area contributed by atoms with Crippen molar-refractivity contribution >= 4 is 17.4 Å². The maximum atomic E-state index is 13.1. The maximum absolute atomic E-state index is 13.1. The lowest BCUT2D eigenvalue weighted by Gasteiger charge is -2.10. The van der Waals surface area contributed by atoms with Gasteiger partial charge in [0.05, 0.1) is 0 Å². The SMILES string of the molecule is O=C(c1c[nH]c(-c2ccc(Cl)cc2)n1)c1ccccc1-c1cc(O)c(O)c(O)c1. The first-order valence-electron chi connectivity index (χ1n) is 8.64. The van der Waals surface area contributed by atoms with Gasteiger partial charge in [0.25, 0.3) is 0 Å². The number of nitrogens with zero attached hydrogens (tertiary/aromatic N) is 1. The third-order valence-electron chi connectivity index (χ3n) is 4.48. The minimum Gasteiger partial charge on any atom is -0.504 e. The van der Waals surface area contributed by atoms with Crippen molar-refractivity contribution in [1.29, 1.82) is 0 Å². The lowest BCUT2D eigenvalue weighted by atomic mass is 9.95. The Bertz CT molecular complexity index is 1190. The van der Waals surface area contributed by atoms with Crippen LogP contribution in [0.5, 0.6) is 17.2 Å². The highest BCUT2D eigenvalue weighted by Crippen LogP contribution is 2.40. The second-order valence-electron chi connectivity index (χ2n) is 6.38. The van der Waals surface area contributed by atoms with E-state index in [1.807, 2.05) is 0 Å². The summed E-state index contributed by atoms with van der Waals surface area (Å²) in [5.74, 6) is -1.37. The third kappa shape index (κ3) is 3.53. The van der Waals surface area contributed by atoms with E-state index in [0.29, 0.717) is 27.5 Å². The van der Waals surface area contributed by atoms with Gasteiger partial charge >= 0.3 is 0 Å². The summed E-state index contributed by atoms with van der Waals surface area (Å²) < 4.78 is 0. The van der Waals surface area contributed by atoms with Crippen LogP contribution in [0.2, 0.25) is 5.02 Å². The number of imidazole rings is 1. The molecular weight excluding hydrogens is 392 g/mol. The zero-order valence-corrected chi connectivity index (χ0v) is 15.7. The molecule has 4 N–H and O–H groups in total. The molecule has 1 heterocycles. The summed E-state index contributed by atoms with van der Waals surface area (Å²) in [5.41, 5.74) is 2.21. The number of benzene rings is 3. The predicted molar refractivity (Wildman–Crippen MR) is 109 cm³/mol. The van der Waals surface area contributed by atoms with Gasteiger partial charge in [-0.1, -0.05) is 35.9 Å². The number of rotatable bonds is 4. The molecule has 1 aromatic heterocycles. The van der Waals surface area contributed by atoms with Crippen molar-refractivity contribution in [3.8, 4) is 39.8 Å². The van der Waals surface area contributed by atoms with E-state index in [1.54, 1.807) is 48.5 Å². The fourth-order valence-corrected chi connectivity index (χ4v) is 3.15. The molecule has 0 spiro atoms. The number of hydrogen-bond acceptors (Lipinski definition) is 5. The molecule has 0 fully saturated rings. The molecule has 4 rings (SSSR count). The van der Waals surface area contributed by atoms with Crippen LogP contribution in [0.25, 0.3) is 22.5 Å². The quantitative estimate of drug-likeness (QED) is 0.289. The molecule has 0 aliphatic heterocycles. The van der Waals surface area contributed by atoms with Gasteiger partial charge < -0.3 is 20.3 Å². The van der Waals surface area contributed by atoms with Gasteiger partial charge in [-0.2, -0.15) is 0 Å². The average molecular weight is 407 g/mol. The number of phenols is 3. The summed E-state index contributed by atoms with van der Waals surface area (Å²) in [5, 5.41) is 29.8. The smallest absolute Gasteiger partial charge is 0.213 e. The molecule has 3 aromatic carbocycles. The Hall–Kier alpha value is -3.77. The van der Waals surface area contributed by atoms with Gasteiger partial charge in [0, 0.05) is 22.3 Å². The highest BCUT2D eigenvalue weighted by atomic mass is 35.5. The minimum atomic E-state index is -0.613. The largest absolute Gasteiger partial charge is 0.504 e. The van der Waals surface area contributed by atoms with Crippen LogP contribution in [0.4, 0.5) is 0 Å². The average Bonchev–Trinajstić information content (AvgIpc) is 3.22. The zero-order chi connectivity index (χ0) is 20.5. The normalized spacial score (nSPS) is 10.8. The number of carbonyl (C=O) groups excluding carboxylic acids is 1. The fraction of sp³-hybridized carbons (Fsp3) is 0. The zero-order valence-electron chi connectivity index (χ0n) is 14.9. The topological polar surface area (TPSA) is 106 Å². The van der Waals surface area contributed by atoms with Crippen LogP contribution >= 0.6 is 11.6 Å². The summed E-state index contributed by atoms with van der Waals surface area (Å²) in [6.07, 6.45) is 1.52. The molecule has 0 atom stereocenters. The van der Waals surface area contributed by atoms with Crippen LogP contribution in [0, 0.1) is 0 Å². The number of carbonyl (C=O) groups is 1. The van der Waals surface area contributed by atoms with Gasteiger partial charge in [0.1, 0.15) is 11.5 Å². The number of ketones is 1. The number of aromatic amines is 1. The molecule has 6 nitrogen and oxygen atoms in total. The molecule has 29 heavy (non-hydrogen) atoms. The summed E-state index contributed by atoms with van der Waals surface area (Å²) >= 11 is 5.91. The number of aromatic nitrogens is 2. The number of hydrogen-bond donors (Lipinski definition) is 4. The number of nitrogens with one attached hydrogen (secondary N) is 1. The molecule has 0 amide bonds. The van der Waals surface area contributed by atoms with Crippen molar-refractivity contribution in [1.82, 2.24) is 9.97 Å². The van der Waals surface area contributed by atoms with Crippen LogP contribution < -0.4 is 0 Å². The van der Waals surface area contributed by atoms with E-state index in [-0.39, 0.29) is 11.5 Å². The first-order valence-corrected chi connectivity index (χ1v) is 9.02. The summed E-state index contributed by atoms with van der Waals surface area (Å²) in [7, 11) is 0. The summed E-state index contributed by atoms with van der Waals surface area (Å²) in [6.45, 7) is 0. The molecule has 0 unspecified atom stereocenters. The van der Waals surface area contributed by atoms with Crippen molar-refractivity contribution in [3.63, 3.8) is 0 Å². The van der Waals surface area contributed by atoms with E-state index < -0.39 is 17.2 Å². The Morgan fingerprint density at radius 2 is 1.55 bits per heavy atom. The maximum Gasteiger partial charge on any atom is 0.213 e. The van der Waals surface area contributed by atoms with Crippen molar-refractivity contribution < 1.29 is 20.1 Å². The number of halogens is 1. The van der Waals surface area contributed by atoms with Gasteiger partial charge in [-0.3, -0.25) is 4.79 Å². The molecule has 0 aliphatic carbocycles. The van der Waals surface area contributed by atoms with Gasteiger partial charge in [-0.25, -0.2) is 4.98 Å². The highest BCUT2D eigenvalue weighted by Gasteiger charge is 2.19. The van der Waals surface area contributed by atoms with E-state index in [4.69, 9.17) is 11.6 Å². The Morgan fingerprint density at radius 3 is 2.24 bits per heavy atom. The fourth-order valence-electron chi connectivity index (χ4n) is 3.02. The molecule has 4 aromatic rings. The third-order valence-corrected chi connectivity index (χ3v) is 4.73. The Kier molecular flexibility index (Phi) is 4.70. The standard InChI is InChI=1S/C22H15ClN2O4/c23-14-7-5-12(6-8-14)22-24-11-17(25-22)20(28)16-4-2-1-3-15(16)13-9-18(26)21(29)19(27)10-13/h1-11,26-27,29H,(H,24,25). The molecule has 0 saturated heterocycles. The van der Waals surface area contributed by atoms with Gasteiger partial charge in [-0.15, -0.1) is 0 Å². The lowest BCUT2D eigenvalue weighted by Crippen LogP contribution is -2.04. The Morgan fingerprint density at radius 1 is 0.897 bits per heavy atom. The van der Waals surface area contributed by atoms with E-state index in [0.717, 1.165) is 5.56 Å². The van der Waals surface area contributed by atoms with Crippen LogP contribution in [-0.2, 0) is 0 Å². The molecule has 0 radical (unpaired) electrons. The summed E-state index contributed by atoms with van der Waals surface area (Å²) in [6, 6.07) is 16.4. The molecular formula is C22H15ClN2O4. The van der Waals surface area contributed by atoms with Crippen LogP contribution in [-0.4, -0.2) is 31.1 Å². The monoisotopic (exact) mass is 406 g/mol. The molecule has 0 aliphatic rings. The van der Waals surface area contributed by atoms with E-state index in [2.05, 4.69) is 9.97 Å². The number of phenolic OH excluding ortho intramolecular Hbond substituents is 3. The summed E-state index contributed by atoms with van der Waals surface area (Å²) in [4.78, 5) is 20.5. The van der Waals surface area contributed by atoms with Crippen molar-refractivity contribution in [2.45, 2.75) is 0 Å². The van der Waals surface area contributed by atoms with Gasteiger partial charge in [0.15, 0.2) is 17.2 Å². The van der Waals surface area contributed by atoms with Crippen molar-refractivity contribution in [2.75, 3.05) is 0 Å². The van der Waals surface area contributed by atoms with E-state index in [9.17, 15) is 20.1 Å². The lowest BCUT2D eigenvalue weighted by molar-refractivity contribution is 0.103. The molecule has 7 heteroatoms. The first kappa shape index (κ1) is 18.6. The van der Waals surface area contributed by atoms with Crippen LogP contribution in [0.3, 0.4) is 0 Å². The molecule has 0 saturated carbocycles. The molecule has 144 valence electrons. The second-order valence-corrected chi connectivity index (χ2v) is 6.82. The first-order chi connectivity index (χ1) is 13.9. The number of H-pyrrole nitrogens is 1. The Labute approximate surface area is 170 Å². The van der Waals surface area contributed by atoms with Gasteiger partial charge in [-0.05, 0) is 47.5 Å².